The van der Waals surface area contributed by atoms with Gasteiger partial charge >= 0.3 is 5.97 Å². The zero-order valence-electron chi connectivity index (χ0n) is 17.3. The SMILES string of the molecule is CC(OC(=O)CCN1C(=O)C2CCCCC2C1=O)C(=O)N1CCc2ccccc2C1. The number of likely N-dealkylation sites (tertiary alicyclic amines) is 1. The van der Waals surface area contributed by atoms with Crippen molar-refractivity contribution in [1.29, 1.82) is 0 Å². The van der Waals surface area contributed by atoms with Crippen molar-refractivity contribution in [3.05, 3.63) is 35.4 Å². The molecule has 0 radical (unpaired) electrons. The Labute approximate surface area is 176 Å². The van der Waals surface area contributed by atoms with E-state index in [4.69, 9.17) is 4.74 Å². The fourth-order valence-electron chi connectivity index (χ4n) is 4.90. The molecule has 7 heteroatoms. The molecule has 3 aliphatic rings. The Morgan fingerprint density at radius 1 is 1.07 bits per heavy atom. The molecule has 2 aliphatic heterocycles. The number of hydrogen-bond donors (Lipinski definition) is 0. The van der Waals surface area contributed by atoms with E-state index in [0.29, 0.717) is 13.1 Å². The Balaban J connectivity index is 1.27. The number of rotatable bonds is 5. The van der Waals surface area contributed by atoms with Gasteiger partial charge in [-0.25, -0.2) is 0 Å². The summed E-state index contributed by atoms with van der Waals surface area (Å²) in [7, 11) is 0. The standard InChI is InChI=1S/C23H28N2O5/c1-15(21(27)24-12-10-16-6-2-3-7-17(16)14-24)30-20(26)11-13-25-22(28)18-8-4-5-9-19(18)23(25)29/h2-3,6-7,15,18-19H,4-5,8-14H2,1H3. The molecule has 0 N–H and O–H groups in total. The summed E-state index contributed by atoms with van der Waals surface area (Å²) in [6.45, 7) is 2.71. The van der Waals surface area contributed by atoms with E-state index in [2.05, 4.69) is 6.07 Å². The van der Waals surface area contributed by atoms with E-state index in [1.165, 1.54) is 10.5 Å². The van der Waals surface area contributed by atoms with Crippen LogP contribution in [0.2, 0.25) is 0 Å². The maximum atomic E-state index is 12.7. The third-order valence-corrected chi connectivity index (χ3v) is 6.57. The molecule has 4 rings (SSSR count). The third-order valence-electron chi connectivity index (χ3n) is 6.57. The van der Waals surface area contributed by atoms with Crippen LogP contribution in [0, 0.1) is 11.8 Å². The fourth-order valence-corrected chi connectivity index (χ4v) is 4.90. The van der Waals surface area contributed by atoms with E-state index >= 15 is 0 Å². The topological polar surface area (TPSA) is 84.0 Å². The molecule has 3 amide bonds. The second-order valence-electron chi connectivity index (χ2n) is 8.49. The highest BCUT2D eigenvalue weighted by Crippen LogP contribution is 2.38. The molecule has 2 heterocycles. The van der Waals surface area contributed by atoms with Crippen molar-refractivity contribution in [3.8, 4) is 0 Å². The molecule has 2 fully saturated rings. The van der Waals surface area contributed by atoms with E-state index in [0.717, 1.165) is 37.7 Å². The molecule has 7 nitrogen and oxygen atoms in total. The van der Waals surface area contributed by atoms with Gasteiger partial charge in [0, 0.05) is 19.6 Å². The summed E-state index contributed by atoms with van der Waals surface area (Å²) in [5.41, 5.74) is 2.36. The Bertz CT molecular complexity index is 843. The molecule has 3 unspecified atom stereocenters. The quantitative estimate of drug-likeness (QED) is 0.546. The minimum atomic E-state index is -0.893. The van der Waals surface area contributed by atoms with Crippen LogP contribution in [-0.4, -0.2) is 52.7 Å². The highest BCUT2D eigenvalue weighted by molar-refractivity contribution is 6.05. The van der Waals surface area contributed by atoms with Gasteiger partial charge in [-0.3, -0.25) is 24.1 Å². The van der Waals surface area contributed by atoms with E-state index in [-0.39, 0.29) is 42.5 Å². The third kappa shape index (κ3) is 3.98. The van der Waals surface area contributed by atoms with Crippen LogP contribution in [0.4, 0.5) is 0 Å². The highest BCUT2D eigenvalue weighted by Gasteiger charge is 2.47. The monoisotopic (exact) mass is 412 g/mol. The van der Waals surface area contributed by atoms with Gasteiger partial charge in [0.05, 0.1) is 18.3 Å². The summed E-state index contributed by atoms with van der Waals surface area (Å²) >= 11 is 0. The number of hydrogen-bond acceptors (Lipinski definition) is 5. The Morgan fingerprint density at radius 3 is 2.37 bits per heavy atom. The van der Waals surface area contributed by atoms with Crippen LogP contribution >= 0.6 is 0 Å². The van der Waals surface area contributed by atoms with Gasteiger partial charge in [0.25, 0.3) is 5.91 Å². The normalized spacial score (nSPS) is 24.3. The first-order valence-corrected chi connectivity index (χ1v) is 10.9. The molecule has 30 heavy (non-hydrogen) atoms. The number of imide groups is 1. The van der Waals surface area contributed by atoms with E-state index in [9.17, 15) is 19.2 Å². The molecule has 0 spiro atoms. The number of fused-ring (bicyclic) bond motifs is 2. The lowest BCUT2D eigenvalue weighted by molar-refractivity contribution is -0.160. The minimum Gasteiger partial charge on any atom is -0.452 e. The zero-order chi connectivity index (χ0) is 21.3. The highest BCUT2D eigenvalue weighted by atomic mass is 16.5. The molecule has 0 bridgehead atoms. The van der Waals surface area contributed by atoms with Gasteiger partial charge in [-0.05, 0) is 37.3 Å². The zero-order valence-corrected chi connectivity index (χ0v) is 17.3. The van der Waals surface area contributed by atoms with Crippen LogP contribution < -0.4 is 0 Å². The molecule has 1 aromatic rings. The smallest absolute Gasteiger partial charge is 0.308 e. The average molecular weight is 412 g/mol. The lowest BCUT2D eigenvalue weighted by atomic mass is 9.81. The van der Waals surface area contributed by atoms with Crippen LogP contribution in [0.5, 0.6) is 0 Å². The van der Waals surface area contributed by atoms with Gasteiger partial charge in [-0.15, -0.1) is 0 Å². The molecule has 1 saturated carbocycles. The van der Waals surface area contributed by atoms with Crippen LogP contribution in [0.25, 0.3) is 0 Å². The second-order valence-corrected chi connectivity index (χ2v) is 8.49. The van der Waals surface area contributed by atoms with Gasteiger partial charge in [0.2, 0.25) is 11.8 Å². The first-order chi connectivity index (χ1) is 14.5. The number of nitrogens with zero attached hydrogens (tertiary/aromatic N) is 2. The van der Waals surface area contributed by atoms with Crippen molar-refractivity contribution >= 4 is 23.7 Å². The van der Waals surface area contributed by atoms with Crippen molar-refractivity contribution in [1.82, 2.24) is 9.80 Å². The maximum Gasteiger partial charge on any atom is 0.308 e. The van der Waals surface area contributed by atoms with E-state index in [1.807, 2.05) is 18.2 Å². The lowest BCUT2D eigenvalue weighted by Gasteiger charge is -2.30. The summed E-state index contributed by atoms with van der Waals surface area (Å²) in [6, 6.07) is 8.02. The molecule has 0 aromatic heterocycles. The Morgan fingerprint density at radius 2 is 1.70 bits per heavy atom. The number of ether oxygens (including phenoxy) is 1. The first kappa shape index (κ1) is 20.6. The van der Waals surface area contributed by atoms with Gasteiger partial charge in [0.1, 0.15) is 0 Å². The molecular formula is C23H28N2O5. The Kier molecular flexibility index (Phi) is 5.88. The lowest BCUT2D eigenvalue weighted by Crippen LogP contribution is -2.43. The first-order valence-electron chi connectivity index (χ1n) is 10.9. The second kappa shape index (κ2) is 8.58. The van der Waals surface area contributed by atoms with Crippen LogP contribution in [0.3, 0.4) is 0 Å². The average Bonchev–Trinajstić information content (AvgIpc) is 3.01. The van der Waals surface area contributed by atoms with Crippen LogP contribution in [0.15, 0.2) is 24.3 Å². The predicted octanol–water partition coefficient (Wildman–Crippen LogP) is 2.07. The number of amides is 3. The van der Waals surface area contributed by atoms with E-state index in [1.54, 1.807) is 11.8 Å². The van der Waals surface area contributed by atoms with Crippen molar-refractivity contribution in [2.45, 2.75) is 58.1 Å². The molecule has 1 aromatic carbocycles. The van der Waals surface area contributed by atoms with Crippen molar-refractivity contribution in [2.75, 3.05) is 13.1 Å². The summed E-state index contributed by atoms with van der Waals surface area (Å²) in [4.78, 5) is 52.9. The van der Waals surface area contributed by atoms with Gasteiger partial charge in [-0.1, -0.05) is 37.1 Å². The number of carbonyl (C=O) groups excluding carboxylic acids is 4. The van der Waals surface area contributed by atoms with Crippen molar-refractivity contribution < 1.29 is 23.9 Å². The minimum absolute atomic E-state index is 0.0293. The largest absolute Gasteiger partial charge is 0.452 e. The fraction of sp³-hybridized carbons (Fsp3) is 0.565. The van der Waals surface area contributed by atoms with Crippen LogP contribution in [0.1, 0.15) is 50.2 Å². The van der Waals surface area contributed by atoms with Crippen LogP contribution in [-0.2, 0) is 36.9 Å². The Hall–Kier alpha value is -2.70. The molecular weight excluding hydrogens is 384 g/mol. The number of esters is 1. The summed E-state index contributed by atoms with van der Waals surface area (Å²) < 4.78 is 5.32. The van der Waals surface area contributed by atoms with E-state index < -0.39 is 12.1 Å². The molecule has 3 atom stereocenters. The summed E-state index contributed by atoms with van der Waals surface area (Å²) in [6.07, 6.45) is 3.24. The maximum absolute atomic E-state index is 12.7. The van der Waals surface area contributed by atoms with Crippen molar-refractivity contribution in [3.63, 3.8) is 0 Å². The molecule has 1 saturated heterocycles. The molecule has 160 valence electrons. The van der Waals surface area contributed by atoms with Gasteiger partial charge < -0.3 is 9.64 Å². The number of carbonyl (C=O) groups is 4. The van der Waals surface area contributed by atoms with Crippen molar-refractivity contribution in [2.24, 2.45) is 11.8 Å². The summed E-state index contributed by atoms with van der Waals surface area (Å²) in [5.74, 6) is -1.54. The molecule has 1 aliphatic carbocycles. The van der Waals surface area contributed by atoms with Gasteiger partial charge in [-0.2, -0.15) is 0 Å². The van der Waals surface area contributed by atoms with Gasteiger partial charge in [0.15, 0.2) is 6.10 Å². The predicted molar refractivity (Wildman–Crippen MR) is 108 cm³/mol. The summed E-state index contributed by atoms with van der Waals surface area (Å²) in [5, 5.41) is 0. The number of benzene rings is 1.